The molecular weight excluding hydrogens is 328 g/mol. The van der Waals surface area contributed by atoms with Crippen LogP contribution in [0.3, 0.4) is 0 Å². The Labute approximate surface area is 118 Å². The maximum absolute atomic E-state index is 11.9. The minimum Gasteiger partial charge on any atom is -0.351 e. The number of hydrogen-bond donors (Lipinski definition) is 1. The molecule has 19 heavy (non-hydrogen) atoms. The van der Waals surface area contributed by atoms with Gasteiger partial charge in [0.2, 0.25) is 0 Å². The highest BCUT2D eigenvalue weighted by Crippen LogP contribution is 2.19. The Morgan fingerprint density at radius 3 is 2.32 bits per heavy atom. The quantitative estimate of drug-likeness (QED) is 0.860. The number of carbonyl (C=O) groups excluding carboxylic acids is 1. The first-order valence-corrected chi connectivity index (χ1v) is 6.84. The third-order valence-electron chi connectivity index (χ3n) is 1.86. The molecule has 0 bridgehead atoms. The maximum atomic E-state index is 11.9. The molecule has 106 valence electrons. The minimum atomic E-state index is -4.78. The minimum absolute atomic E-state index is 0.0171. The van der Waals surface area contributed by atoms with E-state index in [2.05, 4.69) is 10.3 Å². The number of halogens is 5. The summed E-state index contributed by atoms with van der Waals surface area (Å²) in [7, 11) is -3.00. The summed E-state index contributed by atoms with van der Waals surface area (Å²) >= 11 is 11.1. The lowest BCUT2D eigenvalue weighted by molar-refractivity contribution is -0.0384. The van der Waals surface area contributed by atoms with Gasteiger partial charge in [0.15, 0.2) is 0 Å². The van der Waals surface area contributed by atoms with E-state index in [-0.39, 0.29) is 22.4 Å². The van der Waals surface area contributed by atoms with E-state index in [0.29, 0.717) is 0 Å². The van der Waals surface area contributed by atoms with Gasteiger partial charge in [0.1, 0.15) is 21.1 Å². The second-order valence-electron chi connectivity index (χ2n) is 3.25. The summed E-state index contributed by atoms with van der Waals surface area (Å²) in [6.45, 7) is -0.386. The van der Waals surface area contributed by atoms with Crippen LogP contribution in [0.15, 0.2) is 12.1 Å². The first-order valence-electron chi connectivity index (χ1n) is 4.76. The number of amides is 1. The van der Waals surface area contributed by atoms with Crippen molar-refractivity contribution in [1.29, 1.82) is 0 Å². The molecule has 1 aromatic heterocycles. The standard InChI is InChI=1S/C9H7Cl2F3N2O2S/c10-6-3-5(4-7(11)16-6)8(17)15-1-2-19(18)9(12,13)14/h3-4H,1-2H2,(H,15,17). The van der Waals surface area contributed by atoms with E-state index < -0.39 is 28.0 Å². The SMILES string of the molecule is O=C(NCCS(=O)C(F)(F)F)c1cc(Cl)nc(Cl)c1. The molecule has 0 aliphatic carbocycles. The Balaban J connectivity index is 2.55. The van der Waals surface area contributed by atoms with Crippen LogP contribution in [0.4, 0.5) is 13.2 Å². The monoisotopic (exact) mass is 334 g/mol. The van der Waals surface area contributed by atoms with Crippen LogP contribution in [-0.4, -0.2) is 32.9 Å². The van der Waals surface area contributed by atoms with E-state index >= 15 is 0 Å². The third-order valence-corrected chi connectivity index (χ3v) is 3.33. The second kappa shape index (κ2) is 6.53. The van der Waals surface area contributed by atoms with Crippen LogP contribution in [0.1, 0.15) is 10.4 Å². The van der Waals surface area contributed by atoms with E-state index in [9.17, 15) is 22.2 Å². The molecule has 0 saturated heterocycles. The summed E-state index contributed by atoms with van der Waals surface area (Å²) in [6, 6.07) is 2.42. The van der Waals surface area contributed by atoms with Gasteiger partial charge in [0.25, 0.3) is 5.91 Å². The second-order valence-corrected chi connectivity index (χ2v) is 5.59. The smallest absolute Gasteiger partial charge is 0.351 e. The van der Waals surface area contributed by atoms with Crippen molar-refractivity contribution in [3.63, 3.8) is 0 Å². The zero-order valence-electron chi connectivity index (χ0n) is 9.13. The average molecular weight is 335 g/mol. The van der Waals surface area contributed by atoms with Crippen molar-refractivity contribution in [2.24, 2.45) is 0 Å². The zero-order chi connectivity index (χ0) is 14.6. The first-order chi connectivity index (χ1) is 8.70. The molecule has 0 aliphatic rings. The highest BCUT2D eigenvalue weighted by atomic mass is 35.5. The highest BCUT2D eigenvalue weighted by molar-refractivity contribution is 7.85. The van der Waals surface area contributed by atoms with Gasteiger partial charge in [0, 0.05) is 17.9 Å². The van der Waals surface area contributed by atoms with E-state index in [1.165, 1.54) is 12.1 Å². The topological polar surface area (TPSA) is 59.1 Å². The van der Waals surface area contributed by atoms with Gasteiger partial charge in [0.05, 0.1) is 0 Å². The summed E-state index contributed by atoms with van der Waals surface area (Å²) < 4.78 is 46.5. The summed E-state index contributed by atoms with van der Waals surface area (Å²) in [5.41, 5.74) is -4.73. The van der Waals surface area contributed by atoms with Crippen LogP contribution in [0.25, 0.3) is 0 Å². The molecule has 1 heterocycles. The molecule has 0 saturated carbocycles. The number of carbonyl (C=O) groups is 1. The summed E-state index contributed by atoms with van der Waals surface area (Å²) in [5, 5.41) is 2.15. The molecule has 4 nitrogen and oxygen atoms in total. The van der Waals surface area contributed by atoms with Crippen molar-refractivity contribution in [2.75, 3.05) is 12.3 Å². The van der Waals surface area contributed by atoms with Crippen molar-refractivity contribution in [3.05, 3.63) is 28.0 Å². The number of pyridine rings is 1. The first kappa shape index (κ1) is 16.2. The van der Waals surface area contributed by atoms with Gasteiger partial charge in [-0.25, -0.2) is 4.98 Å². The third kappa shape index (κ3) is 5.33. The molecule has 1 amide bonds. The maximum Gasteiger partial charge on any atom is 0.471 e. The van der Waals surface area contributed by atoms with Crippen molar-refractivity contribution >= 4 is 39.9 Å². The Hall–Kier alpha value is -0.860. The molecule has 1 N–H and O–H groups in total. The number of rotatable bonds is 4. The van der Waals surface area contributed by atoms with Crippen LogP contribution >= 0.6 is 23.2 Å². The van der Waals surface area contributed by atoms with Gasteiger partial charge in [-0.1, -0.05) is 23.2 Å². The lowest BCUT2D eigenvalue weighted by Crippen LogP contribution is -2.31. The van der Waals surface area contributed by atoms with Crippen molar-refractivity contribution in [1.82, 2.24) is 10.3 Å². The van der Waals surface area contributed by atoms with E-state index in [0.717, 1.165) is 0 Å². The highest BCUT2D eigenvalue weighted by Gasteiger charge is 2.36. The van der Waals surface area contributed by atoms with Crippen LogP contribution in [0.5, 0.6) is 0 Å². The fourth-order valence-corrected chi connectivity index (χ4v) is 2.05. The molecule has 0 radical (unpaired) electrons. The van der Waals surface area contributed by atoms with Crippen LogP contribution in [0.2, 0.25) is 10.3 Å². The average Bonchev–Trinajstić information content (AvgIpc) is 2.26. The molecule has 0 spiro atoms. The summed E-state index contributed by atoms with van der Waals surface area (Å²) in [6.07, 6.45) is 0. The van der Waals surface area contributed by atoms with Gasteiger partial charge >= 0.3 is 5.51 Å². The molecular formula is C9H7Cl2F3N2O2S. The van der Waals surface area contributed by atoms with Crippen molar-refractivity contribution in [3.8, 4) is 0 Å². The van der Waals surface area contributed by atoms with Crippen LogP contribution in [0, 0.1) is 0 Å². The lowest BCUT2D eigenvalue weighted by Gasteiger charge is -2.07. The predicted molar refractivity (Wildman–Crippen MR) is 65.7 cm³/mol. The molecule has 0 aromatic carbocycles. The lowest BCUT2D eigenvalue weighted by atomic mass is 10.2. The molecule has 1 atom stereocenters. The molecule has 1 rings (SSSR count). The number of aromatic nitrogens is 1. The number of nitrogens with zero attached hydrogens (tertiary/aromatic N) is 1. The fourth-order valence-electron chi connectivity index (χ4n) is 1.07. The largest absolute Gasteiger partial charge is 0.471 e. The number of hydrogen-bond acceptors (Lipinski definition) is 3. The molecule has 0 fully saturated rings. The zero-order valence-corrected chi connectivity index (χ0v) is 11.5. The number of alkyl halides is 3. The van der Waals surface area contributed by atoms with Gasteiger partial charge < -0.3 is 5.32 Å². The Morgan fingerprint density at radius 2 is 1.84 bits per heavy atom. The normalized spacial score (nSPS) is 13.1. The summed E-state index contributed by atoms with van der Waals surface area (Å²) in [4.78, 5) is 15.2. The van der Waals surface area contributed by atoms with Crippen molar-refractivity contribution < 1.29 is 22.2 Å². The van der Waals surface area contributed by atoms with E-state index in [4.69, 9.17) is 23.2 Å². The van der Waals surface area contributed by atoms with E-state index in [1.54, 1.807) is 0 Å². The van der Waals surface area contributed by atoms with Crippen LogP contribution < -0.4 is 5.32 Å². The Bertz CT molecular complexity index is 490. The van der Waals surface area contributed by atoms with Gasteiger partial charge in [-0.2, -0.15) is 13.2 Å². The Kier molecular flexibility index (Phi) is 5.57. The van der Waals surface area contributed by atoms with Gasteiger partial charge in [-0.05, 0) is 12.1 Å². The molecule has 0 aliphatic heterocycles. The number of nitrogens with one attached hydrogen (secondary N) is 1. The fraction of sp³-hybridized carbons (Fsp3) is 0.333. The molecule has 10 heteroatoms. The van der Waals surface area contributed by atoms with Gasteiger partial charge in [-0.3, -0.25) is 9.00 Å². The van der Waals surface area contributed by atoms with Crippen molar-refractivity contribution in [2.45, 2.75) is 5.51 Å². The van der Waals surface area contributed by atoms with Gasteiger partial charge in [-0.15, -0.1) is 0 Å². The van der Waals surface area contributed by atoms with E-state index in [1.807, 2.05) is 0 Å². The van der Waals surface area contributed by atoms with Crippen LogP contribution in [-0.2, 0) is 10.8 Å². The molecule has 1 aromatic rings. The predicted octanol–water partition coefficient (Wildman–Crippen LogP) is 2.39. The Morgan fingerprint density at radius 1 is 1.32 bits per heavy atom. The summed E-state index contributed by atoms with van der Waals surface area (Å²) in [5.74, 6) is -1.40. The molecule has 1 unspecified atom stereocenters.